The highest BCUT2D eigenvalue weighted by molar-refractivity contribution is 5.89. The Bertz CT molecular complexity index is 508. The molecule has 2 aliphatic heterocycles. The van der Waals surface area contributed by atoms with Gasteiger partial charge in [0.2, 0.25) is 11.8 Å². The smallest absolute Gasteiger partial charge is 0.229 e. The third kappa shape index (κ3) is 3.85. The standard InChI is InChI=1S/C19H33N3O3/c1-18(2)14-22(8-5-15(18)20)17(24)19(6-3-4-7-19)13-16(23)21-9-11-25-12-10-21/h15H,3-14,20H2,1-2H3. The number of morpholine rings is 1. The van der Waals surface area contributed by atoms with E-state index < -0.39 is 5.41 Å². The third-order valence-corrected chi connectivity index (χ3v) is 6.47. The predicted octanol–water partition coefficient (Wildman–Crippen LogP) is 1.38. The molecule has 1 atom stereocenters. The molecular formula is C19H33N3O3. The first-order valence-corrected chi connectivity index (χ1v) is 9.75. The molecule has 0 spiro atoms. The summed E-state index contributed by atoms with van der Waals surface area (Å²) in [5.41, 5.74) is 5.67. The lowest BCUT2D eigenvalue weighted by molar-refractivity contribution is -0.152. The Morgan fingerprint density at radius 3 is 2.32 bits per heavy atom. The van der Waals surface area contributed by atoms with Crippen LogP contribution in [-0.4, -0.2) is 67.0 Å². The summed E-state index contributed by atoms with van der Waals surface area (Å²) in [5, 5.41) is 0. The zero-order valence-electron chi connectivity index (χ0n) is 15.8. The van der Waals surface area contributed by atoms with Gasteiger partial charge in [-0.2, -0.15) is 0 Å². The van der Waals surface area contributed by atoms with Crippen LogP contribution in [0.25, 0.3) is 0 Å². The molecule has 3 aliphatic rings. The highest BCUT2D eigenvalue weighted by atomic mass is 16.5. The summed E-state index contributed by atoms with van der Waals surface area (Å²) in [6.07, 6.45) is 4.95. The molecule has 6 heteroatoms. The molecule has 1 unspecified atom stereocenters. The van der Waals surface area contributed by atoms with E-state index >= 15 is 0 Å². The molecule has 25 heavy (non-hydrogen) atoms. The summed E-state index contributed by atoms with van der Waals surface area (Å²) in [5.74, 6) is 0.304. The Labute approximate surface area is 151 Å². The molecule has 1 saturated carbocycles. The lowest BCUT2D eigenvalue weighted by Crippen LogP contribution is -2.57. The maximum Gasteiger partial charge on any atom is 0.229 e. The maximum atomic E-state index is 13.4. The second-order valence-electron chi connectivity index (χ2n) is 8.77. The van der Waals surface area contributed by atoms with Crippen molar-refractivity contribution >= 4 is 11.8 Å². The number of hydrogen-bond donors (Lipinski definition) is 1. The molecule has 2 amide bonds. The lowest BCUT2D eigenvalue weighted by atomic mass is 9.76. The summed E-state index contributed by atoms with van der Waals surface area (Å²) < 4.78 is 5.34. The van der Waals surface area contributed by atoms with Crippen molar-refractivity contribution in [2.24, 2.45) is 16.6 Å². The van der Waals surface area contributed by atoms with E-state index in [2.05, 4.69) is 13.8 Å². The Balaban J connectivity index is 1.71. The monoisotopic (exact) mass is 351 g/mol. The van der Waals surface area contributed by atoms with Crippen LogP contribution >= 0.6 is 0 Å². The van der Waals surface area contributed by atoms with Gasteiger partial charge in [0.1, 0.15) is 0 Å². The number of rotatable bonds is 3. The Morgan fingerprint density at radius 2 is 1.72 bits per heavy atom. The minimum Gasteiger partial charge on any atom is -0.378 e. The molecule has 2 saturated heterocycles. The Morgan fingerprint density at radius 1 is 1.08 bits per heavy atom. The van der Waals surface area contributed by atoms with Gasteiger partial charge in [-0.05, 0) is 24.7 Å². The molecule has 0 aromatic rings. The van der Waals surface area contributed by atoms with Crippen molar-refractivity contribution in [1.82, 2.24) is 9.80 Å². The van der Waals surface area contributed by atoms with Crippen molar-refractivity contribution in [3.63, 3.8) is 0 Å². The van der Waals surface area contributed by atoms with Gasteiger partial charge in [-0.25, -0.2) is 0 Å². The number of hydrogen-bond acceptors (Lipinski definition) is 4. The van der Waals surface area contributed by atoms with Crippen LogP contribution in [0.3, 0.4) is 0 Å². The molecular weight excluding hydrogens is 318 g/mol. The van der Waals surface area contributed by atoms with Crippen LogP contribution in [0.4, 0.5) is 0 Å². The van der Waals surface area contributed by atoms with E-state index in [0.29, 0.717) is 39.3 Å². The Kier molecular flexibility index (Phi) is 5.40. The van der Waals surface area contributed by atoms with Crippen LogP contribution < -0.4 is 5.73 Å². The number of amides is 2. The number of nitrogens with zero attached hydrogens (tertiary/aromatic N) is 2. The van der Waals surface area contributed by atoms with Gasteiger partial charge in [-0.1, -0.05) is 26.7 Å². The number of carbonyl (C=O) groups excluding carboxylic acids is 2. The molecule has 3 rings (SSSR count). The minimum atomic E-state index is -0.493. The topological polar surface area (TPSA) is 75.9 Å². The van der Waals surface area contributed by atoms with Gasteiger partial charge in [0.05, 0.1) is 18.6 Å². The molecule has 1 aliphatic carbocycles. The van der Waals surface area contributed by atoms with Crippen LogP contribution in [0, 0.1) is 10.8 Å². The first-order valence-electron chi connectivity index (χ1n) is 9.75. The number of ether oxygens (including phenoxy) is 1. The van der Waals surface area contributed by atoms with E-state index in [1.807, 2.05) is 9.80 Å². The van der Waals surface area contributed by atoms with E-state index in [-0.39, 0.29) is 23.3 Å². The van der Waals surface area contributed by atoms with Gasteiger partial charge in [-0.3, -0.25) is 9.59 Å². The van der Waals surface area contributed by atoms with Crippen LogP contribution in [0.15, 0.2) is 0 Å². The van der Waals surface area contributed by atoms with Gasteiger partial charge in [0, 0.05) is 38.6 Å². The first kappa shape index (κ1) is 18.6. The van der Waals surface area contributed by atoms with Crippen molar-refractivity contribution in [2.45, 2.75) is 58.4 Å². The summed E-state index contributed by atoms with van der Waals surface area (Å²) in [6.45, 7) is 8.19. The molecule has 142 valence electrons. The zero-order chi connectivity index (χ0) is 18.1. The normalized spacial score (nSPS) is 28.8. The average molecular weight is 351 g/mol. The molecule has 2 heterocycles. The summed E-state index contributed by atoms with van der Waals surface area (Å²) in [7, 11) is 0. The van der Waals surface area contributed by atoms with E-state index in [4.69, 9.17) is 10.5 Å². The second-order valence-corrected chi connectivity index (χ2v) is 8.77. The van der Waals surface area contributed by atoms with Crippen molar-refractivity contribution in [3.05, 3.63) is 0 Å². The number of likely N-dealkylation sites (tertiary alicyclic amines) is 1. The van der Waals surface area contributed by atoms with Crippen LogP contribution in [0.2, 0.25) is 0 Å². The molecule has 6 nitrogen and oxygen atoms in total. The molecule has 0 aromatic carbocycles. The molecule has 2 N–H and O–H groups in total. The third-order valence-electron chi connectivity index (χ3n) is 6.47. The molecule has 0 aromatic heterocycles. The molecule has 3 fully saturated rings. The first-order chi connectivity index (χ1) is 11.8. The number of carbonyl (C=O) groups is 2. The summed E-state index contributed by atoms with van der Waals surface area (Å²) in [4.78, 5) is 30.1. The highest BCUT2D eigenvalue weighted by Crippen LogP contribution is 2.44. The van der Waals surface area contributed by atoms with Crippen molar-refractivity contribution in [1.29, 1.82) is 0 Å². The fourth-order valence-electron chi connectivity index (χ4n) is 4.61. The van der Waals surface area contributed by atoms with Crippen LogP contribution in [0.1, 0.15) is 52.4 Å². The lowest BCUT2D eigenvalue weighted by Gasteiger charge is -2.45. The van der Waals surface area contributed by atoms with Gasteiger partial charge in [0.15, 0.2) is 0 Å². The quantitative estimate of drug-likeness (QED) is 0.833. The number of nitrogens with two attached hydrogens (primary N) is 1. The van der Waals surface area contributed by atoms with E-state index in [9.17, 15) is 9.59 Å². The summed E-state index contributed by atoms with van der Waals surface area (Å²) >= 11 is 0. The molecule has 0 bridgehead atoms. The number of piperidine rings is 1. The van der Waals surface area contributed by atoms with Crippen molar-refractivity contribution in [3.8, 4) is 0 Å². The second kappa shape index (κ2) is 7.23. The fraction of sp³-hybridized carbons (Fsp3) is 0.895. The SMILES string of the molecule is CC1(C)CN(C(=O)C2(CC(=O)N3CCOCC3)CCCC2)CCC1N. The van der Waals surface area contributed by atoms with Gasteiger partial charge in [0.25, 0.3) is 0 Å². The van der Waals surface area contributed by atoms with Crippen LogP contribution in [0.5, 0.6) is 0 Å². The largest absolute Gasteiger partial charge is 0.378 e. The van der Waals surface area contributed by atoms with E-state index in [1.54, 1.807) is 0 Å². The van der Waals surface area contributed by atoms with Crippen LogP contribution in [-0.2, 0) is 14.3 Å². The van der Waals surface area contributed by atoms with Crippen molar-refractivity contribution in [2.75, 3.05) is 39.4 Å². The highest BCUT2D eigenvalue weighted by Gasteiger charge is 2.48. The average Bonchev–Trinajstić information content (AvgIpc) is 3.07. The van der Waals surface area contributed by atoms with Gasteiger partial charge < -0.3 is 20.3 Å². The zero-order valence-corrected chi connectivity index (χ0v) is 15.8. The van der Waals surface area contributed by atoms with Gasteiger partial charge >= 0.3 is 0 Å². The fourth-order valence-corrected chi connectivity index (χ4v) is 4.61. The maximum absolute atomic E-state index is 13.4. The van der Waals surface area contributed by atoms with Crippen molar-refractivity contribution < 1.29 is 14.3 Å². The minimum absolute atomic E-state index is 0.0675. The summed E-state index contributed by atoms with van der Waals surface area (Å²) in [6, 6.07) is 0.131. The molecule has 0 radical (unpaired) electrons. The van der Waals surface area contributed by atoms with Gasteiger partial charge in [-0.15, -0.1) is 0 Å². The van der Waals surface area contributed by atoms with E-state index in [0.717, 1.165) is 38.6 Å². The predicted molar refractivity (Wildman–Crippen MR) is 95.9 cm³/mol. The van der Waals surface area contributed by atoms with E-state index in [1.165, 1.54) is 0 Å². The Hall–Kier alpha value is -1.14.